The standard InChI is InChI=1S/C19H21N3O3S/c1-26(24,25)22(18-10-6-5-9-17(18)15-20)14-13-21-19(23)12-11-16-7-3-2-4-8-16/h2-10H,11-14H2,1H3,(H,21,23). The molecule has 2 aromatic rings. The minimum Gasteiger partial charge on any atom is -0.354 e. The molecule has 26 heavy (non-hydrogen) atoms. The van der Waals surface area contributed by atoms with Crippen molar-refractivity contribution in [3.8, 4) is 6.07 Å². The topological polar surface area (TPSA) is 90.3 Å². The van der Waals surface area contributed by atoms with E-state index in [2.05, 4.69) is 5.32 Å². The van der Waals surface area contributed by atoms with Gasteiger partial charge in [0, 0.05) is 13.0 Å². The lowest BCUT2D eigenvalue weighted by Gasteiger charge is -2.23. The van der Waals surface area contributed by atoms with Gasteiger partial charge in [0.2, 0.25) is 15.9 Å². The Hall–Kier alpha value is -2.85. The molecule has 0 aromatic heterocycles. The number of para-hydroxylation sites is 1. The highest BCUT2D eigenvalue weighted by molar-refractivity contribution is 7.92. The van der Waals surface area contributed by atoms with Gasteiger partial charge in [-0.3, -0.25) is 9.10 Å². The largest absolute Gasteiger partial charge is 0.354 e. The van der Waals surface area contributed by atoms with Gasteiger partial charge in [0.25, 0.3) is 0 Å². The zero-order valence-corrected chi connectivity index (χ0v) is 15.4. The third-order valence-electron chi connectivity index (χ3n) is 3.81. The van der Waals surface area contributed by atoms with E-state index in [1.54, 1.807) is 24.3 Å². The number of hydrogen-bond donors (Lipinski definition) is 1. The van der Waals surface area contributed by atoms with Gasteiger partial charge in [0.15, 0.2) is 0 Å². The Balaban J connectivity index is 1.94. The fraction of sp³-hybridized carbons (Fsp3) is 0.263. The third kappa shape index (κ3) is 5.60. The SMILES string of the molecule is CS(=O)(=O)N(CCNC(=O)CCc1ccccc1)c1ccccc1C#N. The molecule has 2 rings (SSSR count). The molecule has 0 unspecified atom stereocenters. The molecule has 0 bridgehead atoms. The van der Waals surface area contributed by atoms with Crippen molar-refractivity contribution in [2.24, 2.45) is 0 Å². The zero-order valence-electron chi connectivity index (χ0n) is 14.6. The molecule has 0 radical (unpaired) electrons. The predicted octanol–water partition coefficient (Wildman–Crippen LogP) is 2.07. The summed E-state index contributed by atoms with van der Waals surface area (Å²) in [4.78, 5) is 12.0. The van der Waals surface area contributed by atoms with Crippen molar-refractivity contribution in [2.75, 3.05) is 23.7 Å². The smallest absolute Gasteiger partial charge is 0.232 e. The van der Waals surface area contributed by atoms with Crippen LogP contribution in [0.15, 0.2) is 54.6 Å². The molecular weight excluding hydrogens is 350 g/mol. The molecule has 2 aromatic carbocycles. The second kappa shape index (κ2) is 9.02. The van der Waals surface area contributed by atoms with E-state index >= 15 is 0 Å². The van der Waals surface area contributed by atoms with Crippen LogP contribution in [0.25, 0.3) is 0 Å². The van der Waals surface area contributed by atoms with E-state index in [1.807, 2.05) is 36.4 Å². The van der Waals surface area contributed by atoms with E-state index in [-0.39, 0.29) is 24.6 Å². The first-order chi connectivity index (χ1) is 12.4. The van der Waals surface area contributed by atoms with E-state index in [4.69, 9.17) is 0 Å². The number of rotatable bonds is 8. The molecule has 0 aliphatic rings. The molecule has 0 aliphatic heterocycles. The average Bonchev–Trinajstić information content (AvgIpc) is 2.63. The van der Waals surface area contributed by atoms with E-state index in [0.717, 1.165) is 16.1 Å². The minimum atomic E-state index is -3.57. The number of benzene rings is 2. The first-order valence-corrected chi connectivity index (χ1v) is 10.0. The Labute approximate surface area is 154 Å². The van der Waals surface area contributed by atoms with Gasteiger partial charge in [-0.05, 0) is 24.1 Å². The highest BCUT2D eigenvalue weighted by Gasteiger charge is 2.20. The van der Waals surface area contributed by atoms with Crippen molar-refractivity contribution in [2.45, 2.75) is 12.8 Å². The molecule has 0 saturated carbocycles. The lowest BCUT2D eigenvalue weighted by molar-refractivity contribution is -0.120. The maximum absolute atomic E-state index is 12.1. The first kappa shape index (κ1) is 19.5. The van der Waals surface area contributed by atoms with E-state index in [9.17, 15) is 18.5 Å². The molecule has 7 heteroatoms. The van der Waals surface area contributed by atoms with Crippen molar-refractivity contribution in [1.29, 1.82) is 5.26 Å². The number of carbonyl (C=O) groups is 1. The van der Waals surface area contributed by atoms with Crippen LogP contribution in [-0.2, 0) is 21.2 Å². The van der Waals surface area contributed by atoms with Gasteiger partial charge in [0.1, 0.15) is 6.07 Å². The normalized spacial score (nSPS) is 10.8. The minimum absolute atomic E-state index is 0.0641. The first-order valence-electron chi connectivity index (χ1n) is 8.19. The number of carbonyl (C=O) groups excluding carboxylic acids is 1. The second-order valence-corrected chi connectivity index (χ2v) is 7.71. The van der Waals surface area contributed by atoms with Gasteiger partial charge in [-0.2, -0.15) is 5.26 Å². The van der Waals surface area contributed by atoms with Crippen LogP contribution in [-0.4, -0.2) is 33.7 Å². The summed E-state index contributed by atoms with van der Waals surface area (Å²) in [6.07, 6.45) is 2.04. The van der Waals surface area contributed by atoms with Crippen LogP contribution in [0.4, 0.5) is 5.69 Å². The van der Waals surface area contributed by atoms with Crippen molar-refractivity contribution in [3.05, 3.63) is 65.7 Å². The van der Waals surface area contributed by atoms with Crippen LogP contribution in [0, 0.1) is 11.3 Å². The second-order valence-electron chi connectivity index (χ2n) is 5.80. The maximum atomic E-state index is 12.1. The molecule has 136 valence electrons. The van der Waals surface area contributed by atoms with Crippen LogP contribution in [0.3, 0.4) is 0 Å². The van der Waals surface area contributed by atoms with Crippen molar-refractivity contribution in [1.82, 2.24) is 5.32 Å². The molecule has 0 saturated heterocycles. The number of nitriles is 1. The quantitative estimate of drug-likeness (QED) is 0.769. The van der Waals surface area contributed by atoms with Crippen LogP contribution in [0.2, 0.25) is 0 Å². The van der Waals surface area contributed by atoms with E-state index in [0.29, 0.717) is 18.5 Å². The van der Waals surface area contributed by atoms with Crippen LogP contribution >= 0.6 is 0 Å². The lowest BCUT2D eigenvalue weighted by atomic mass is 10.1. The Bertz CT molecular complexity index is 890. The Morgan fingerprint density at radius 1 is 1.12 bits per heavy atom. The van der Waals surface area contributed by atoms with E-state index in [1.165, 1.54) is 0 Å². The number of anilines is 1. The van der Waals surface area contributed by atoms with Crippen molar-refractivity contribution >= 4 is 21.6 Å². The molecular formula is C19H21N3O3S. The fourth-order valence-electron chi connectivity index (χ4n) is 2.54. The van der Waals surface area contributed by atoms with Crippen LogP contribution in [0.1, 0.15) is 17.5 Å². The number of amides is 1. The monoisotopic (exact) mass is 371 g/mol. The molecule has 1 N–H and O–H groups in total. The summed E-state index contributed by atoms with van der Waals surface area (Å²) in [5, 5.41) is 11.9. The zero-order chi connectivity index (χ0) is 19.0. The Kier molecular flexibility index (Phi) is 6.75. The molecule has 0 fully saturated rings. The Morgan fingerprint density at radius 3 is 2.42 bits per heavy atom. The average molecular weight is 371 g/mol. The number of nitrogens with zero attached hydrogens (tertiary/aromatic N) is 2. The number of hydrogen-bond acceptors (Lipinski definition) is 4. The van der Waals surface area contributed by atoms with Crippen LogP contribution < -0.4 is 9.62 Å². The summed E-state index contributed by atoms with van der Waals surface area (Å²) in [6.45, 7) is 0.231. The molecule has 0 atom stereocenters. The summed E-state index contributed by atoms with van der Waals surface area (Å²) in [5.74, 6) is -0.143. The lowest BCUT2D eigenvalue weighted by Crippen LogP contribution is -2.38. The van der Waals surface area contributed by atoms with Crippen molar-refractivity contribution in [3.63, 3.8) is 0 Å². The summed E-state index contributed by atoms with van der Waals surface area (Å²) in [7, 11) is -3.57. The predicted molar refractivity (Wildman–Crippen MR) is 101 cm³/mol. The molecule has 0 spiro atoms. The Morgan fingerprint density at radius 2 is 1.77 bits per heavy atom. The van der Waals surface area contributed by atoms with Crippen molar-refractivity contribution < 1.29 is 13.2 Å². The van der Waals surface area contributed by atoms with Gasteiger partial charge in [-0.15, -0.1) is 0 Å². The summed E-state index contributed by atoms with van der Waals surface area (Å²) >= 11 is 0. The number of aryl methyl sites for hydroxylation is 1. The maximum Gasteiger partial charge on any atom is 0.232 e. The fourth-order valence-corrected chi connectivity index (χ4v) is 3.48. The summed E-state index contributed by atoms with van der Waals surface area (Å²) in [5.41, 5.74) is 1.66. The number of sulfonamides is 1. The van der Waals surface area contributed by atoms with Gasteiger partial charge >= 0.3 is 0 Å². The van der Waals surface area contributed by atoms with Gasteiger partial charge in [-0.1, -0.05) is 42.5 Å². The summed E-state index contributed by atoms with van der Waals surface area (Å²) < 4.78 is 25.3. The van der Waals surface area contributed by atoms with Gasteiger partial charge in [0.05, 0.1) is 24.1 Å². The molecule has 6 nitrogen and oxygen atoms in total. The highest BCUT2D eigenvalue weighted by atomic mass is 32.2. The highest BCUT2D eigenvalue weighted by Crippen LogP contribution is 2.21. The van der Waals surface area contributed by atoms with E-state index < -0.39 is 10.0 Å². The van der Waals surface area contributed by atoms with Gasteiger partial charge < -0.3 is 5.32 Å². The molecule has 0 aliphatic carbocycles. The van der Waals surface area contributed by atoms with Gasteiger partial charge in [-0.25, -0.2) is 8.42 Å². The van der Waals surface area contributed by atoms with Crippen LogP contribution in [0.5, 0.6) is 0 Å². The third-order valence-corrected chi connectivity index (χ3v) is 4.99. The molecule has 0 heterocycles. The summed E-state index contributed by atoms with van der Waals surface area (Å²) in [6, 6.07) is 18.2. The molecule has 1 amide bonds. The number of nitrogens with one attached hydrogen (secondary N) is 1.